The Balaban J connectivity index is 3.00. The largest absolute Gasteiger partial charge is 0.377 e. The van der Waals surface area contributed by atoms with Gasteiger partial charge in [0.15, 0.2) is 0 Å². The fourth-order valence-corrected chi connectivity index (χ4v) is 2.18. The average Bonchev–Trinajstić information content (AvgIpc) is 2.21. The van der Waals surface area contributed by atoms with Gasteiger partial charge >= 0.3 is 0 Å². The van der Waals surface area contributed by atoms with E-state index in [0.29, 0.717) is 11.6 Å². The van der Waals surface area contributed by atoms with E-state index in [1.165, 1.54) is 6.07 Å². The van der Waals surface area contributed by atoms with Gasteiger partial charge in [-0.1, -0.05) is 13.8 Å². The van der Waals surface area contributed by atoms with Gasteiger partial charge in [-0.2, -0.15) is 0 Å². The second-order valence-electron chi connectivity index (χ2n) is 4.72. The van der Waals surface area contributed by atoms with Crippen molar-refractivity contribution in [1.82, 2.24) is 0 Å². The van der Waals surface area contributed by atoms with Crippen LogP contribution in [0.3, 0.4) is 0 Å². The van der Waals surface area contributed by atoms with E-state index in [-0.39, 0.29) is 16.2 Å². The minimum Gasteiger partial charge on any atom is -0.377 e. The maximum Gasteiger partial charge on any atom is 0.295 e. The molecule has 1 unspecified atom stereocenters. The summed E-state index contributed by atoms with van der Waals surface area (Å²) in [7, 11) is 0. The van der Waals surface area contributed by atoms with Gasteiger partial charge in [0.2, 0.25) is 0 Å². The summed E-state index contributed by atoms with van der Waals surface area (Å²) in [6, 6.07) is 2.42. The van der Waals surface area contributed by atoms with Crippen molar-refractivity contribution in [1.29, 1.82) is 0 Å². The van der Waals surface area contributed by atoms with Gasteiger partial charge in [-0.25, -0.2) is 4.39 Å². The second kappa shape index (κ2) is 6.13. The topological polar surface area (TPSA) is 55.2 Å². The molecule has 0 saturated heterocycles. The number of hydrogen-bond donors (Lipinski definition) is 1. The van der Waals surface area contributed by atoms with Gasteiger partial charge in [-0.15, -0.1) is 0 Å². The van der Waals surface area contributed by atoms with E-state index in [0.717, 1.165) is 12.5 Å². The SMILES string of the molecule is CC(C)CC(C)Nc1cc(Br)c(F)cc1[N+](=O)[O-]. The molecule has 0 aliphatic carbocycles. The predicted molar refractivity (Wildman–Crippen MR) is 73.3 cm³/mol. The third-order valence-corrected chi connectivity index (χ3v) is 3.07. The Hall–Kier alpha value is -1.17. The number of nitro groups is 1. The van der Waals surface area contributed by atoms with Crippen molar-refractivity contribution in [3.05, 3.63) is 32.5 Å². The maximum absolute atomic E-state index is 13.3. The monoisotopic (exact) mass is 318 g/mol. The van der Waals surface area contributed by atoms with Crippen LogP contribution in [0.5, 0.6) is 0 Å². The summed E-state index contributed by atoms with van der Waals surface area (Å²) in [5.74, 6) is -0.154. The van der Waals surface area contributed by atoms with Gasteiger partial charge in [0.05, 0.1) is 15.5 Å². The van der Waals surface area contributed by atoms with Crippen LogP contribution in [-0.2, 0) is 0 Å². The van der Waals surface area contributed by atoms with E-state index < -0.39 is 10.7 Å². The molecule has 1 rings (SSSR count). The lowest BCUT2D eigenvalue weighted by Gasteiger charge is -2.17. The summed E-state index contributed by atoms with van der Waals surface area (Å²) >= 11 is 3.03. The third kappa shape index (κ3) is 3.94. The zero-order valence-corrected chi connectivity index (χ0v) is 12.1. The van der Waals surface area contributed by atoms with E-state index in [1.807, 2.05) is 6.92 Å². The highest BCUT2D eigenvalue weighted by Gasteiger charge is 2.19. The lowest BCUT2D eigenvalue weighted by Crippen LogP contribution is -2.18. The summed E-state index contributed by atoms with van der Waals surface area (Å²) in [4.78, 5) is 10.3. The molecule has 6 heteroatoms. The Bertz CT molecular complexity index is 452. The zero-order chi connectivity index (χ0) is 13.9. The highest BCUT2D eigenvalue weighted by atomic mass is 79.9. The smallest absolute Gasteiger partial charge is 0.295 e. The highest BCUT2D eigenvalue weighted by molar-refractivity contribution is 9.10. The summed E-state index contributed by atoms with van der Waals surface area (Å²) in [6.45, 7) is 6.10. The van der Waals surface area contributed by atoms with Crippen molar-refractivity contribution in [2.75, 3.05) is 5.32 Å². The van der Waals surface area contributed by atoms with Gasteiger partial charge < -0.3 is 5.32 Å². The molecule has 0 bridgehead atoms. The molecular weight excluding hydrogens is 303 g/mol. The number of rotatable bonds is 5. The van der Waals surface area contributed by atoms with Crippen LogP contribution in [-0.4, -0.2) is 11.0 Å². The van der Waals surface area contributed by atoms with Crippen molar-refractivity contribution in [3.8, 4) is 0 Å². The molecule has 4 nitrogen and oxygen atoms in total. The Labute approximate surface area is 114 Å². The third-order valence-electron chi connectivity index (χ3n) is 2.46. The van der Waals surface area contributed by atoms with E-state index in [9.17, 15) is 14.5 Å². The summed E-state index contributed by atoms with van der Waals surface area (Å²) in [5.41, 5.74) is 0.0905. The molecule has 0 saturated carbocycles. The molecule has 1 aromatic rings. The molecule has 1 N–H and O–H groups in total. The Morgan fingerprint density at radius 3 is 2.56 bits per heavy atom. The Kier molecular flexibility index (Phi) is 5.07. The van der Waals surface area contributed by atoms with Crippen LogP contribution < -0.4 is 5.32 Å². The second-order valence-corrected chi connectivity index (χ2v) is 5.57. The van der Waals surface area contributed by atoms with Crippen molar-refractivity contribution in [2.45, 2.75) is 33.2 Å². The first kappa shape index (κ1) is 14.9. The lowest BCUT2D eigenvalue weighted by atomic mass is 10.0. The molecule has 0 aliphatic heterocycles. The van der Waals surface area contributed by atoms with Crippen LogP contribution in [0.25, 0.3) is 0 Å². The molecule has 0 spiro atoms. The van der Waals surface area contributed by atoms with Gasteiger partial charge in [0.1, 0.15) is 11.5 Å². The fourth-order valence-electron chi connectivity index (χ4n) is 1.83. The van der Waals surface area contributed by atoms with E-state index >= 15 is 0 Å². The molecular formula is C12H16BrFN2O2. The fraction of sp³-hybridized carbons (Fsp3) is 0.500. The molecule has 0 heterocycles. The van der Waals surface area contributed by atoms with E-state index in [4.69, 9.17) is 0 Å². The highest BCUT2D eigenvalue weighted by Crippen LogP contribution is 2.31. The number of benzene rings is 1. The van der Waals surface area contributed by atoms with E-state index in [2.05, 4.69) is 35.1 Å². The van der Waals surface area contributed by atoms with Gasteiger partial charge in [-0.3, -0.25) is 10.1 Å². The normalized spacial score (nSPS) is 12.6. The first-order valence-electron chi connectivity index (χ1n) is 5.71. The van der Waals surface area contributed by atoms with Gasteiger partial charge in [0, 0.05) is 6.04 Å². The molecule has 0 radical (unpaired) electrons. The standard InChI is InChI=1S/C12H16BrFN2O2/c1-7(2)4-8(3)15-11-5-9(13)10(14)6-12(11)16(17)18/h5-8,15H,4H2,1-3H3. The Morgan fingerprint density at radius 1 is 1.44 bits per heavy atom. The maximum atomic E-state index is 13.3. The zero-order valence-electron chi connectivity index (χ0n) is 10.5. The molecule has 18 heavy (non-hydrogen) atoms. The quantitative estimate of drug-likeness (QED) is 0.649. The summed E-state index contributed by atoms with van der Waals surface area (Å²) < 4.78 is 13.5. The minimum atomic E-state index is -0.635. The Morgan fingerprint density at radius 2 is 2.06 bits per heavy atom. The first-order valence-corrected chi connectivity index (χ1v) is 6.50. The van der Waals surface area contributed by atoms with Crippen LogP contribution >= 0.6 is 15.9 Å². The number of halogens is 2. The summed E-state index contributed by atoms with van der Waals surface area (Å²) in [5, 5.41) is 13.9. The lowest BCUT2D eigenvalue weighted by molar-refractivity contribution is -0.384. The van der Waals surface area contributed by atoms with Crippen LogP contribution in [0.2, 0.25) is 0 Å². The number of nitrogens with zero attached hydrogens (tertiary/aromatic N) is 1. The van der Waals surface area contributed by atoms with Crippen LogP contribution in [0.1, 0.15) is 27.2 Å². The van der Waals surface area contributed by atoms with Gasteiger partial charge in [-0.05, 0) is 41.3 Å². The van der Waals surface area contributed by atoms with Crippen molar-refractivity contribution in [2.24, 2.45) is 5.92 Å². The number of nitro benzene ring substituents is 1. The molecule has 0 fully saturated rings. The molecule has 100 valence electrons. The van der Waals surface area contributed by atoms with Crippen LogP contribution in [0.4, 0.5) is 15.8 Å². The van der Waals surface area contributed by atoms with Crippen LogP contribution in [0, 0.1) is 21.8 Å². The van der Waals surface area contributed by atoms with Crippen molar-refractivity contribution >= 4 is 27.3 Å². The minimum absolute atomic E-state index is 0.0843. The number of hydrogen-bond acceptors (Lipinski definition) is 3. The predicted octanol–water partition coefficient (Wildman–Crippen LogP) is 4.34. The van der Waals surface area contributed by atoms with Gasteiger partial charge in [0.25, 0.3) is 5.69 Å². The first-order chi connectivity index (χ1) is 8.31. The molecule has 0 aromatic heterocycles. The van der Waals surface area contributed by atoms with Crippen molar-refractivity contribution in [3.63, 3.8) is 0 Å². The van der Waals surface area contributed by atoms with E-state index in [1.54, 1.807) is 0 Å². The van der Waals surface area contributed by atoms with Crippen molar-refractivity contribution < 1.29 is 9.31 Å². The molecule has 1 aromatic carbocycles. The average molecular weight is 319 g/mol. The molecule has 1 atom stereocenters. The number of nitrogens with one attached hydrogen (secondary N) is 1. The summed E-state index contributed by atoms with van der Waals surface area (Å²) in [6.07, 6.45) is 0.881. The van der Waals surface area contributed by atoms with Crippen LogP contribution in [0.15, 0.2) is 16.6 Å². The molecule has 0 aliphatic rings. The molecule has 0 amide bonds. The number of anilines is 1.